The van der Waals surface area contributed by atoms with Crippen LogP contribution in [0.15, 0.2) is 53.0 Å². The van der Waals surface area contributed by atoms with Crippen LogP contribution in [0.2, 0.25) is 0 Å². The molecule has 2 aliphatic rings. The zero-order valence-electron chi connectivity index (χ0n) is 14.4. The SMILES string of the molecule is CC(C)Oc1cccc2c1NC(c1cc(Br)ccc1O)C1CC=CC21. The molecule has 25 heavy (non-hydrogen) atoms. The van der Waals surface area contributed by atoms with Crippen LogP contribution in [0.25, 0.3) is 0 Å². The second kappa shape index (κ2) is 6.41. The van der Waals surface area contributed by atoms with Crippen molar-refractivity contribution >= 4 is 21.6 Å². The number of phenolic OH excluding ortho intramolecular Hbond substituents is 1. The first-order chi connectivity index (χ1) is 12.0. The maximum atomic E-state index is 10.5. The van der Waals surface area contributed by atoms with Crippen LogP contribution in [-0.2, 0) is 0 Å². The third-order valence-corrected chi connectivity index (χ3v) is 5.54. The monoisotopic (exact) mass is 399 g/mol. The van der Waals surface area contributed by atoms with Gasteiger partial charge in [0, 0.05) is 16.0 Å². The lowest BCUT2D eigenvalue weighted by molar-refractivity contribution is 0.242. The Kier molecular flexibility index (Phi) is 4.24. The third kappa shape index (κ3) is 2.93. The van der Waals surface area contributed by atoms with Crippen molar-refractivity contribution in [3.05, 3.63) is 64.1 Å². The molecule has 0 saturated carbocycles. The molecule has 2 aromatic rings. The Morgan fingerprint density at radius 3 is 2.84 bits per heavy atom. The van der Waals surface area contributed by atoms with E-state index in [-0.39, 0.29) is 12.1 Å². The zero-order valence-corrected chi connectivity index (χ0v) is 16.0. The van der Waals surface area contributed by atoms with Gasteiger partial charge in [-0.3, -0.25) is 0 Å². The van der Waals surface area contributed by atoms with Gasteiger partial charge in [0.1, 0.15) is 11.5 Å². The molecule has 4 heteroatoms. The number of anilines is 1. The molecule has 4 rings (SSSR count). The Morgan fingerprint density at radius 2 is 2.04 bits per heavy atom. The molecule has 3 atom stereocenters. The minimum absolute atomic E-state index is 0.0434. The number of nitrogens with one attached hydrogen (secondary N) is 1. The van der Waals surface area contributed by atoms with Crippen LogP contribution >= 0.6 is 15.9 Å². The van der Waals surface area contributed by atoms with E-state index in [0.29, 0.717) is 17.6 Å². The highest BCUT2D eigenvalue weighted by Gasteiger charge is 2.40. The minimum atomic E-state index is 0.0434. The van der Waals surface area contributed by atoms with Crippen LogP contribution in [0.5, 0.6) is 11.5 Å². The second-order valence-electron chi connectivity index (χ2n) is 7.07. The van der Waals surface area contributed by atoms with E-state index in [1.54, 1.807) is 6.07 Å². The van der Waals surface area contributed by atoms with Crippen molar-refractivity contribution in [2.24, 2.45) is 5.92 Å². The van der Waals surface area contributed by atoms with Crippen LogP contribution < -0.4 is 10.1 Å². The summed E-state index contributed by atoms with van der Waals surface area (Å²) in [5.41, 5.74) is 3.26. The van der Waals surface area contributed by atoms with E-state index < -0.39 is 0 Å². The molecule has 1 aliphatic heterocycles. The number of ether oxygens (including phenoxy) is 1. The number of hydrogen-bond acceptors (Lipinski definition) is 3. The van der Waals surface area contributed by atoms with E-state index in [4.69, 9.17) is 4.74 Å². The maximum absolute atomic E-state index is 10.5. The molecule has 2 aromatic carbocycles. The van der Waals surface area contributed by atoms with Gasteiger partial charge in [-0.15, -0.1) is 0 Å². The van der Waals surface area contributed by atoms with Gasteiger partial charge >= 0.3 is 0 Å². The third-order valence-electron chi connectivity index (χ3n) is 5.05. The van der Waals surface area contributed by atoms with Gasteiger partial charge in [-0.1, -0.05) is 40.2 Å². The highest BCUT2D eigenvalue weighted by Crippen LogP contribution is 2.53. The van der Waals surface area contributed by atoms with Gasteiger partial charge in [0.05, 0.1) is 17.8 Å². The molecule has 0 aromatic heterocycles. The highest BCUT2D eigenvalue weighted by atomic mass is 79.9. The summed E-state index contributed by atoms with van der Waals surface area (Å²) in [5.74, 6) is 1.94. The van der Waals surface area contributed by atoms with Gasteiger partial charge < -0.3 is 15.2 Å². The molecule has 2 N–H and O–H groups in total. The van der Waals surface area contributed by atoms with Crippen LogP contribution in [-0.4, -0.2) is 11.2 Å². The Hall–Kier alpha value is -1.94. The lowest BCUT2D eigenvalue weighted by Crippen LogP contribution is -2.29. The van der Waals surface area contributed by atoms with Crippen molar-refractivity contribution in [1.82, 2.24) is 0 Å². The van der Waals surface area contributed by atoms with Gasteiger partial charge in [-0.05, 0) is 56.0 Å². The van der Waals surface area contributed by atoms with Crippen molar-refractivity contribution in [1.29, 1.82) is 0 Å². The second-order valence-corrected chi connectivity index (χ2v) is 7.98. The average molecular weight is 400 g/mol. The van der Waals surface area contributed by atoms with Crippen molar-refractivity contribution in [3.63, 3.8) is 0 Å². The summed E-state index contributed by atoms with van der Waals surface area (Å²) >= 11 is 3.54. The average Bonchev–Trinajstić information content (AvgIpc) is 3.06. The number of rotatable bonds is 3. The molecule has 0 saturated heterocycles. The predicted molar refractivity (Wildman–Crippen MR) is 104 cm³/mol. The number of fused-ring (bicyclic) bond motifs is 3. The Labute approximate surface area is 156 Å². The first-order valence-corrected chi connectivity index (χ1v) is 9.55. The molecule has 0 bridgehead atoms. The number of aromatic hydroxyl groups is 1. The first-order valence-electron chi connectivity index (χ1n) is 8.76. The first kappa shape index (κ1) is 16.5. The van der Waals surface area contributed by atoms with E-state index in [0.717, 1.165) is 27.9 Å². The molecule has 0 fully saturated rings. The summed E-state index contributed by atoms with van der Waals surface area (Å²) in [6, 6.07) is 11.9. The highest BCUT2D eigenvalue weighted by molar-refractivity contribution is 9.10. The number of phenols is 1. The molecule has 0 amide bonds. The lowest BCUT2D eigenvalue weighted by Gasteiger charge is -2.38. The number of hydrogen-bond donors (Lipinski definition) is 2. The molecule has 1 aliphatic carbocycles. The molecular formula is C21H22BrNO2. The van der Waals surface area contributed by atoms with E-state index in [2.05, 4.69) is 45.5 Å². The van der Waals surface area contributed by atoms with E-state index in [1.165, 1.54) is 5.56 Å². The molecular weight excluding hydrogens is 378 g/mol. The zero-order chi connectivity index (χ0) is 17.6. The molecule has 3 nitrogen and oxygen atoms in total. The van der Waals surface area contributed by atoms with E-state index in [9.17, 15) is 5.11 Å². The lowest BCUT2D eigenvalue weighted by atomic mass is 9.76. The van der Waals surface area contributed by atoms with Gasteiger partial charge in [0.2, 0.25) is 0 Å². The summed E-state index contributed by atoms with van der Waals surface area (Å²) in [6.07, 6.45) is 5.67. The van der Waals surface area contributed by atoms with Crippen molar-refractivity contribution in [3.8, 4) is 11.5 Å². The van der Waals surface area contributed by atoms with Crippen LogP contribution in [0, 0.1) is 5.92 Å². The Bertz CT molecular complexity index is 831. The summed E-state index contributed by atoms with van der Waals surface area (Å²) in [4.78, 5) is 0. The number of halogens is 1. The molecule has 130 valence electrons. The van der Waals surface area contributed by atoms with Crippen LogP contribution in [0.4, 0.5) is 5.69 Å². The normalized spacial score (nSPS) is 23.9. The Balaban J connectivity index is 1.82. The van der Waals surface area contributed by atoms with Gasteiger partial charge in [-0.25, -0.2) is 0 Å². The van der Waals surface area contributed by atoms with Crippen molar-refractivity contribution < 1.29 is 9.84 Å². The molecule has 1 heterocycles. The maximum Gasteiger partial charge on any atom is 0.143 e. The fourth-order valence-corrected chi connectivity index (χ4v) is 4.41. The smallest absolute Gasteiger partial charge is 0.143 e. The molecule has 0 spiro atoms. The summed E-state index contributed by atoms with van der Waals surface area (Å²) in [6.45, 7) is 4.08. The summed E-state index contributed by atoms with van der Waals surface area (Å²) in [7, 11) is 0. The minimum Gasteiger partial charge on any atom is -0.508 e. The fourth-order valence-electron chi connectivity index (χ4n) is 4.03. The molecule has 0 radical (unpaired) electrons. The predicted octanol–water partition coefficient (Wildman–Crippen LogP) is 5.77. The van der Waals surface area contributed by atoms with Gasteiger partial charge in [0.15, 0.2) is 0 Å². The Morgan fingerprint density at radius 1 is 1.20 bits per heavy atom. The quantitative estimate of drug-likeness (QED) is 0.643. The van der Waals surface area contributed by atoms with Crippen LogP contribution in [0.3, 0.4) is 0 Å². The summed E-state index contributed by atoms with van der Waals surface area (Å²) < 4.78 is 7.02. The fraction of sp³-hybridized carbons (Fsp3) is 0.333. The molecule has 3 unspecified atom stereocenters. The van der Waals surface area contributed by atoms with Crippen molar-refractivity contribution in [2.75, 3.05) is 5.32 Å². The number of allylic oxidation sites excluding steroid dienone is 2. The van der Waals surface area contributed by atoms with E-state index in [1.807, 2.05) is 32.0 Å². The van der Waals surface area contributed by atoms with Gasteiger partial charge in [0.25, 0.3) is 0 Å². The number of benzene rings is 2. The number of para-hydroxylation sites is 1. The van der Waals surface area contributed by atoms with E-state index >= 15 is 0 Å². The van der Waals surface area contributed by atoms with Crippen LogP contribution in [0.1, 0.15) is 43.4 Å². The van der Waals surface area contributed by atoms with Gasteiger partial charge in [-0.2, -0.15) is 0 Å². The summed E-state index contributed by atoms with van der Waals surface area (Å²) in [5, 5.41) is 14.1. The van der Waals surface area contributed by atoms with Crippen molar-refractivity contribution in [2.45, 2.75) is 38.3 Å². The largest absolute Gasteiger partial charge is 0.508 e. The standard InChI is InChI=1S/C21H22BrNO2/c1-12(2)25-19-8-4-7-16-14-5-3-6-15(14)20(23-21(16)19)17-11-13(22)9-10-18(17)24/h3-5,7-12,14-15,20,23-24H,6H2,1-2H3. The topological polar surface area (TPSA) is 41.5 Å².